The molecule has 0 bridgehead atoms. The van der Waals surface area contributed by atoms with E-state index < -0.39 is 17.9 Å². The van der Waals surface area contributed by atoms with Gasteiger partial charge >= 0.3 is 12.0 Å². The molecule has 1 atom stereocenters. The molecule has 0 spiro atoms. The van der Waals surface area contributed by atoms with E-state index in [-0.39, 0.29) is 12.5 Å². The SMILES string of the molecule is CSCCCCCNC(=O)N1CCNC(=O)C1CC(=O)O. The largest absolute Gasteiger partial charge is 0.481 e. The molecule has 1 heterocycles. The Labute approximate surface area is 128 Å². The molecule has 1 aliphatic heterocycles. The molecule has 120 valence electrons. The normalized spacial score (nSPS) is 18.2. The van der Waals surface area contributed by atoms with E-state index in [2.05, 4.69) is 16.9 Å². The molecular weight excluding hydrogens is 294 g/mol. The van der Waals surface area contributed by atoms with Gasteiger partial charge in [0.15, 0.2) is 0 Å². The zero-order valence-electron chi connectivity index (χ0n) is 12.3. The molecule has 7 nitrogen and oxygen atoms in total. The molecule has 3 N–H and O–H groups in total. The molecule has 1 rings (SSSR count). The zero-order chi connectivity index (χ0) is 15.7. The number of aliphatic carboxylic acids is 1. The summed E-state index contributed by atoms with van der Waals surface area (Å²) < 4.78 is 0. The summed E-state index contributed by atoms with van der Waals surface area (Å²) in [7, 11) is 0. The number of urea groups is 1. The van der Waals surface area contributed by atoms with E-state index >= 15 is 0 Å². The lowest BCUT2D eigenvalue weighted by molar-refractivity contribution is -0.142. The number of carboxylic acids is 1. The minimum atomic E-state index is -1.09. The average molecular weight is 317 g/mol. The van der Waals surface area contributed by atoms with Crippen LogP contribution in [0, 0.1) is 0 Å². The van der Waals surface area contributed by atoms with Crippen LogP contribution in [0.5, 0.6) is 0 Å². The second-order valence-electron chi connectivity index (χ2n) is 4.88. The fraction of sp³-hybridized carbons (Fsp3) is 0.769. The molecule has 1 aliphatic rings. The highest BCUT2D eigenvalue weighted by molar-refractivity contribution is 7.98. The highest BCUT2D eigenvalue weighted by Gasteiger charge is 2.34. The number of hydrogen-bond acceptors (Lipinski definition) is 4. The van der Waals surface area contributed by atoms with Crippen molar-refractivity contribution in [3.05, 3.63) is 0 Å². The van der Waals surface area contributed by atoms with Crippen molar-refractivity contribution in [2.75, 3.05) is 31.6 Å². The van der Waals surface area contributed by atoms with Crippen LogP contribution in [0.4, 0.5) is 4.79 Å². The van der Waals surface area contributed by atoms with Crippen molar-refractivity contribution in [1.29, 1.82) is 0 Å². The summed E-state index contributed by atoms with van der Waals surface area (Å²) in [6, 6.07) is -1.28. The van der Waals surface area contributed by atoms with Gasteiger partial charge in [-0.1, -0.05) is 6.42 Å². The Hall–Kier alpha value is -1.44. The Kier molecular flexibility index (Phi) is 7.96. The van der Waals surface area contributed by atoms with Gasteiger partial charge in [-0.3, -0.25) is 9.59 Å². The second kappa shape index (κ2) is 9.49. The first-order valence-corrected chi connectivity index (χ1v) is 8.48. The molecule has 8 heteroatoms. The highest BCUT2D eigenvalue weighted by atomic mass is 32.2. The lowest BCUT2D eigenvalue weighted by Gasteiger charge is -2.34. The molecule has 21 heavy (non-hydrogen) atoms. The van der Waals surface area contributed by atoms with Gasteiger partial charge in [0.1, 0.15) is 6.04 Å². The number of carboxylic acid groups (broad SMARTS) is 1. The van der Waals surface area contributed by atoms with Crippen molar-refractivity contribution < 1.29 is 19.5 Å². The van der Waals surface area contributed by atoms with E-state index in [1.807, 2.05) is 0 Å². The Morgan fingerprint density at radius 1 is 1.43 bits per heavy atom. The van der Waals surface area contributed by atoms with Crippen LogP contribution in [0.15, 0.2) is 0 Å². The van der Waals surface area contributed by atoms with E-state index in [0.717, 1.165) is 25.0 Å². The third kappa shape index (κ3) is 6.24. The smallest absolute Gasteiger partial charge is 0.318 e. The first-order valence-electron chi connectivity index (χ1n) is 7.09. The van der Waals surface area contributed by atoms with Crippen molar-refractivity contribution in [1.82, 2.24) is 15.5 Å². The van der Waals surface area contributed by atoms with Crippen LogP contribution in [0.2, 0.25) is 0 Å². The number of hydrogen-bond donors (Lipinski definition) is 3. The van der Waals surface area contributed by atoms with Crippen LogP contribution in [0.25, 0.3) is 0 Å². The molecule has 0 saturated carbocycles. The molecule has 1 unspecified atom stereocenters. The predicted molar refractivity (Wildman–Crippen MR) is 81.4 cm³/mol. The minimum Gasteiger partial charge on any atom is -0.481 e. The van der Waals surface area contributed by atoms with Crippen LogP contribution in [0.3, 0.4) is 0 Å². The molecular formula is C13H23N3O4S. The summed E-state index contributed by atoms with van der Waals surface area (Å²) in [4.78, 5) is 35.9. The molecule has 0 aromatic rings. The Morgan fingerprint density at radius 2 is 2.19 bits per heavy atom. The van der Waals surface area contributed by atoms with Crippen LogP contribution in [0.1, 0.15) is 25.7 Å². The number of rotatable bonds is 8. The van der Waals surface area contributed by atoms with E-state index in [4.69, 9.17) is 5.11 Å². The van der Waals surface area contributed by atoms with E-state index in [0.29, 0.717) is 19.6 Å². The number of carbonyl (C=O) groups is 3. The quantitative estimate of drug-likeness (QED) is 0.566. The third-order valence-corrected chi connectivity index (χ3v) is 3.96. The number of unbranched alkanes of at least 4 members (excludes halogenated alkanes) is 2. The first-order chi connectivity index (χ1) is 10.1. The average Bonchev–Trinajstić information content (AvgIpc) is 2.44. The van der Waals surface area contributed by atoms with Gasteiger partial charge in [0.25, 0.3) is 0 Å². The molecule has 3 amide bonds. The number of thioether (sulfide) groups is 1. The maximum Gasteiger partial charge on any atom is 0.318 e. The van der Waals surface area contributed by atoms with Crippen LogP contribution in [-0.4, -0.2) is 65.6 Å². The summed E-state index contributed by atoms with van der Waals surface area (Å²) in [5.74, 6) is -0.383. The number of amides is 3. The highest BCUT2D eigenvalue weighted by Crippen LogP contribution is 2.09. The van der Waals surface area contributed by atoms with Crippen LogP contribution in [-0.2, 0) is 9.59 Å². The van der Waals surface area contributed by atoms with Crippen molar-refractivity contribution in [2.24, 2.45) is 0 Å². The van der Waals surface area contributed by atoms with Gasteiger partial charge < -0.3 is 20.6 Å². The summed E-state index contributed by atoms with van der Waals surface area (Å²) >= 11 is 1.80. The zero-order valence-corrected chi connectivity index (χ0v) is 13.1. The van der Waals surface area contributed by atoms with Crippen molar-refractivity contribution in [3.8, 4) is 0 Å². The van der Waals surface area contributed by atoms with Crippen molar-refractivity contribution in [3.63, 3.8) is 0 Å². The summed E-state index contributed by atoms with van der Waals surface area (Å²) in [5.41, 5.74) is 0. The number of nitrogens with one attached hydrogen (secondary N) is 2. The van der Waals surface area contributed by atoms with Gasteiger partial charge in [0.05, 0.1) is 6.42 Å². The van der Waals surface area contributed by atoms with Crippen molar-refractivity contribution >= 4 is 29.7 Å². The maximum atomic E-state index is 12.1. The predicted octanol–water partition coefficient (Wildman–Crippen LogP) is 0.504. The fourth-order valence-electron chi connectivity index (χ4n) is 2.17. The van der Waals surface area contributed by atoms with Gasteiger partial charge in [0.2, 0.25) is 5.91 Å². The minimum absolute atomic E-state index is 0.335. The van der Waals surface area contributed by atoms with E-state index in [1.54, 1.807) is 11.8 Å². The number of nitrogens with zero attached hydrogens (tertiary/aromatic N) is 1. The maximum absolute atomic E-state index is 12.1. The lowest BCUT2D eigenvalue weighted by Crippen LogP contribution is -2.60. The lowest BCUT2D eigenvalue weighted by atomic mass is 10.1. The molecule has 0 aromatic heterocycles. The molecule has 0 aromatic carbocycles. The summed E-state index contributed by atoms with van der Waals surface area (Å²) in [6.45, 7) is 1.24. The molecule has 0 aliphatic carbocycles. The number of carbonyl (C=O) groups excluding carboxylic acids is 2. The van der Waals surface area contributed by atoms with Crippen molar-refractivity contribution in [2.45, 2.75) is 31.7 Å². The number of piperazine rings is 1. The standard InChI is InChI=1S/C13H23N3O4S/c1-21-8-4-2-3-5-15-13(20)16-7-6-14-12(19)10(16)9-11(17)18/h10H,2-9H2,1H3,(H,14,19)(H,15,20)(H,17,18). The second-order valence-corrected chi connectivity index (χ2v) is 5.87. The van der Waals surface area contributed by atoms with Crippen LogP contribution < -0.4 is 10.6 Å². The Morgan fingerprint density at radius 3 is 2.86 bits per heavy atom. The van der Waals surface area contributed by atoms with Gasteiger partial charge in [-0.25, -0.2) is 4.79 Å². The molecule has 1 saturated heterocycles. The third-order valence-electron chi connectivity index (χ3n) is 3.26. The first kappa shape index (κ1) is 17.6. The van der Waals surface area contributed by atoms with E-state index in [9.17, 15) is 14.4 Å². The summed E-state index contributed by atoms with van der Waals surface area (Å²) in [5, 5.41) is 14.2. The molecule has 0 radical (unpaired) electrons. The van der Waals surface area contributed by atoms with Gasteiger partial charge in [-0.05, 0) is 24.9 Å². The topological polar surface area (TPSA) is 98.7 Å². The van der Waals surface area contributed by atoms with Crippen LogP contribution >= 0.6 is 11.8 Å². The van der Waals surface area contributed by atoms with Gasteiger partial charge in [-0.15, -0.1) is 0 Å². The monoisotopic (exact) mass is 317 g/mol. The fourth-order valence-corrected chi connectivity index (χ4v) is 2.66. The van der Waals surface area contributed by atoms with Gasteiger partial charge in [0, 0.05) is 19.6 Å². The summed E-state index contributed by atoms with van der Waals surface area (Å²) in [6.07, 6.45) is 4.74. The van der Waals surface area contributed by atoms with Gasteiger partial charge in [-0.2, -0.15) is 11.8 Å². The Balaban J connectivity index is 2.39. The molecule has 1 fully saturated rings. The van der Waals surface area contributed by atoms with E-state index in [1.165, 1.54) is 4.90 Å². The Bertz CT molecular complexity index is 378.